The Labute approximate surface area is 151 Å². The molecule has 8 heteroatoms. The number of carbonyl (C=O) groups is 3. The fourth-order valence-electron chi connectivity index (χ4n) is 1.87. The summed E-state index contributed by atoms with van der Waals surface area (Å²) in [7, 11) is 0. The summed E-state index contributed by atoms with van der Waals surface area (Å²) in [6.07, 6.45) is 0.599. The minimum Gasteiger partial charge on any atom is -0.366 e. The molecule has 0 saturated heterocycles. The van der Waals surface area contributed by atoms with Crippen LogP contribution in [-0.4, -0.2) is 30.8 Å². The Morgan fingerprint density at radius 2 is 1.62 bits per heavy atom. The second kappa shape index (κ2) is 8.60. The van der Waals surface area contributed by atoms with Gasteiger partial charge in [-0.05, 0) is 36.8 Å². The molecular weight excluding hydrogens is 394 g/mol. The van der Waals surface area contributed by atoms with Crippen LogP contribution in [0.2, 0.25) is 0 Å². The molecule has 0 saturated carbocycles. The highest BCUT2D eigenvalue weighted by molar-refractivity contribution is 9.10. The molecular formula is C16H16BrN3O3S. The molecule has 0 spiro atoms. The molecule has 126 valence electrons. The van der Waals surface area contributed by atoms with Crippen molar-refractivity contribution in [2.45, 2.75) is 6.42 Å². The molecule has 6 nitrogen and oxygen atoms in total. The molecule has 0 aliphatic rings. The summed E-state index contributed by atoms with van der Waals surface area (Å²) >= 11 is 4.48. The van der Waals surface area contributed by atoms with Gasteiger partial charge >= 0.3 is 0 Å². The number of benzene rings is 1. The number of nitrogens with two attached hydrogens (primary N) is 1. The first-order chi connectivity index (χ1) is 11.5. The zero-order valence-electron chi connectivity index (χ0n) is 12.7. The van der Waals surface area contributed by atoms with Crippen LogP contribution >= 0.6 is 27.3 Å². The quantitative estimate of drug-likeness (QED) is 0.610. The number of carbonyl (C=O) groups excluding carboxylic acids is 3. The monoisotopic (exact) mass is 409 g/mol. The van der Waals surface area contributed by atoms with Crippen LogP contribution in [0.25, 0.3) is 0 Å². The molecule has 24 heavy (non-hydrogen) atoms. The molecule has 3 amide bonds. The molecule has 1 aromatic heterocycles. The predicted molar refractivity (Wildman–Crippen MR) is 96.3 cm³/mol. The number of thiophene rings is 1. The molecule has 1 heterocycles. The Morgan fingerprint density at radius 3 is 2.21 bits per heavy atom. The SMILES string of the molecule is NC(=O)c1csc(C(=O)NCCCNC(=O)c2ccc(Br)cc2)c1. The minimum atomic E-state index is -0.555. The Morgan fingerprint density at radius 1 is 1.00 bits per heavy atom. The van der Waals surface area contributed by atoms with Crippen molar-refractivity contribution in [3.63, 3.8) is 0 Å². The third kappa shape index (κ3) is 5.17. The van der Waals surface area contributed by atoms with Crippen LogP contribution in [0.15, 0.2) is 40.2 Å². The van der Waals surface area contributed by atoms with E-state index in [1.54, 1.807) is 29.6 Å². The fraction of sp³-hybridized carbons (Fsp3) is 0.188. The van der Waals surface area contributed by atoms with Gasteiger partial charge in [0.15, 0.2) is 0 Å². The van der Waals surface area contributed by atoms with E-state index < -0.39 is 5.91 Å². The van der Waals surface area contributed by atoms with Crippen molar-refractivity contribution < 1.29 is 14.4 Å². The fourth-order valence-corrected chi connectivity index (χ4v) is 2.94. The summed E-state index contributed by atoms with van der Waals surface area (Å²) in [4.78, 5) is 35.2. The lowest BCUT2D eigenvalue weighted by Gasteiger charge is -2.06. The van der Waals surface area contributed by atoms with Crippen LogP contribution in [0.1, 0.15) is 36.8 Å². The van der Waals surface area contributed by atoms with Gasteiger partial charge in [-0.2, -0.15) is 0 Å². The minimum absolute atomic E-state index is 0.154. The maximum Gasteiger partial charge on any atom is 0.261 e. The van der Waals surface area contributed by atoms with Crippen molar-refractivity contribution in [3.05, 3.63) is 56.2 Å². The molecule has 0 aliphatic carbocycles. The zero-order chi connectivity index (χ0) is 17.5. The van der Waals surface area contributed by atoms with E-state index in [9.17, 15) is 14.4 Å². The van der Waals surface area contributed by atoms with Crippen molar-refractivity contribution in [1.82, 2.24) is 10.6 Å². The Balaban J connectivity index is 1.68. The average molecular weight is 410 g/mol. The number of hydrogen-bond acceptors (Lipinski definition) is 4. The molecule has 4 N–H and O–H groups in total. The van der Waals surface area contributed by atoms with Crippen LogP contribution in [0.4, 0.5) is 0 Å². The Bertz CT molecular complexity index is 743. The third-order valence-corrected chi connectivity index (χ3v) is 4.60. The molecule has 0 unspecified atom stereocenters. The number of primary amides is 1. The highest BCUT2D eigenvalue weighted by Crippen LogP contribution is 2.14. The molecule has 2 rings (SSSR count). The number of rotatable bonds is 7. The maximum absolute atomic E-state index is 11.9. The zero-order valence-corrected chi connectivity index (χ0v) is 15.1. The van der Waals surface area contributed by atoms with Gasteiger partial charge in [0.05, 0.1) is 10.4 Å². The first kappa shape index (κ1) is 18.2. The van der Waals surface area contributed by atoms with Crippen molar-refractivity contribution >= 4 is 45.0 Å². The Kier molecular flexibility index (Phi) is 6.51. The van der Waals surface area contributed by atoms with Gasteiger partial charge in [-0.25, -0.2) is 0 Å². The predicted octanol–water partition coefficient (Wildman–Crippen LogP) is 2.16. The van der Waals surface area contributed by atoms with Gasteiger partial charge < -0.3 is 16.4 Å². The number of amides is 3. The summed E-state index contributed by atoms with van der Waals surface area (Å²) in [6, 6.07) is 8.53. The second-order valence-corrected chi connectivity index (χ2v) is 6.76. The van der Waals surface area contributed by atoms with Crippen molar-refractivity contribution in [1.29, 1.82) is 0 Å². The molecule has 0 aliphatic heterocycles. The molecule has 0 bridgehead atoms. The normalized spacial score (nSPS) is 10.2. The van der Waals surface area contributed by atoms with Gasteiger partial charge in [-0.3, -0.25) is 14.4 Å². The largest absolute Gasteiger partial charge is 0.366 e. The average Bonchev–Trinajstić information content (AvgIpc) is 3.05. The van der Waals surface area contributed by atoms with Gasteiger partial charge in [-0.15, -0.1) is 11.3 Å². The van der Waals surface area contributed by atoms with E-state index in [0.29, 0.717) is 35.5 Å². The van der Waals surface area contributed by atoms with Crippen molar-refractivity contribution in [2.24, 2.45) is 5.73 Å². The first-order valence-corrected chi connectivity index (χ1v) is 8.85. The topological polar surface area (TPSA) is 101 Å². The standard InChI is InChI=1S/C16H16BrN3O3S/c17-12-4-2-10(3-5-12)15(22)19-6-1-7-20-16(23)13-8-11(9-24-13)14(18)21/h2-5,8-9H,1,6-7H2,(H2,18,21)(H,19,22)(H,20,23). The number of hydrogen-bond donors (Lipinski definition) is 3. The van der Waals surface area contributed by atoms with Gasteiger partial charge in [0.25, 0.3) is 11.8 Å². The van der Waals surface area contributed by atoms with Crippen LogP contribution in [-0.2, 0) is 0 Å². The van der Waals surface area contributed by atoms with Crippen LogP contribution < -0.4 is 16.4 Å². The molecule has 2 aromatic rings. The van der Waals surface area contributed by atoms with Gasteiger partial charge in [0.1, 0.15) is 0 Å². The second-order valence-electron chi connectivity index (χ2n) is 4.94. The summed E-state index contributed by atoms with van der Waals surface area (Å²) in [5.74, 6) is -0.967. The van der Waals surface area contributed by atoms with E-state index in [2.05, 4.69) is 26.6 Å². The lowest BCUT2D eigenvalue weighted by atomic mass is 10.2. The summed E-state index contributed by atoms with van der Waals surface area (Å²) < 4.78 is 0.912. The molecule has 0 fully saturated rings. The van der Waals surface area contributed by atoms with E-state index in [1.807, 2.05) is 0 Å². The number of halogens is 1. The van der Waals surface area contributed by atoms with Crippen LogP contribution in [0.3, 0.4) is 0 Å². The van der Waals surface area contributed by atoms with E-state index in [1.165, 1.54) is 17.4 Å². The highest BCUT2D eigenvalue weighted by atomic mass is 79.9. The van der Waals surface area contributed by atoms with Crippen molar-refractivity contribution in [2.75, 3.05) is 13.1 Å². The van der Waals surface area contributed by atoms with E-state index in [0.717, 1.165) is 4.47 Å². The van der Waals surface area contributed by atoms with Gasteiger partial charge in [-0.1, -0.05) is 15.9 Å². The smallest absolute Gasteiger partial charge is 0.261 e. The highest BCUT2D eigenvalue weighted by Gasteiger charge is 2.11. The molecule has 1 aromatic carbocycles. The van der Waals surface area contributed by atoms with Crippen molar-refractivity contribution in [3.8, 4) is 0 Å². The lowest BCUT2D eigenvalue weighted by Crippen LogP contribution is -2.29. The van der Waals surface area contributed by atoms with Gasteiger partial charge in [0, 0.05) is 28.5 Å². The van der Waals surface area contributed by atoms with E-state index in [4.69, 9.17) is 5.73 Å². The summed E-state index contributed by atoms with van der Waals surface area (Å²) in [6.45, 7) is 0.870. The van der Waals surface area contributed by atoms with Crippen LogP contribution in [0, 0.1) is 0 Å². The maximum atomic E-state index is 11.9. The molecule has 0 radical (unpaired) electrons. The lowest BCUT2D eigenvalue weighted by molar-refractivity contribution is 0.0951. The first-order valence-electron chi connectivity index (χ1n) is 7.17. The van der Waals surface area contributed by atoms with Gasteiger partial charge in [0.2, 0.25) is 5.91 Å². The summed E-state index contributed by atoms with van der Waals surface area (Å²) in [5, 5.41) is 7.07. The molecule has 0 atom stereocenters. The number of nitrogens with one attached hydrogen (secondary N) is 2. The third-order valence-electron chi connectivity index (χ3n) is 3.14. The van der Waals surface area contributed by atoms with E-state index in [-0.39, 0.29) is 11.8 Å². The van der Waals surface area contributed by atoms with E-state index >= 15 is 0 Å². The van der Waals surface area contributed by atoms with Crippen LogP contribution in [0.5, 0.6) is 0 Å². The Hall–Kier alpha value is -2.19. The summed E-state index contributed by atoms with van der Waals surface area (Å²) in [5.41, 5.74) is 6.05.